The Bertz CT molecular complexity index is 496. The quantitative estimate of drug-likeness (QED) is 0.642. The molecule has 0 bridgehead atoms. The maximum absolute atomic E-state index is 6.41. The number of hydrogen-bond acceptors (Lipinski definition) is 2. The van der Waals surface area contributed by atoms with Gasteiger partial charge in [-0.1, -0.05) is 40.4 Å². The Hall–Kier alpha value is -0.250. The molecule has 1 aromatic carbocycles. The van der Waals surface area contributed by atoms with Crippen LogP contribution in [0.5, 0.6) is 0 Å². The zero-order valence-corrected chi connectivity index (χ0v) is 13.8. The Morgan fingerprint density at radius 3 is 2.45 bits per heavy atom. The Balaban J connectivity index is 2.40. The average molecular weight is 334 g/mol. The van der Waals surface area contributed by atoms with Crippen molar-refractivity contribution in [3.05, 3.63) is 44.9 Å². The number of nitrogens with zero attached hydrogens (tertiary/aromatic N) is 1. The van der Waals surface area contributed by atoms with Crippen molar-refractivity contribution in [1.82, 2.24) is 10.2 Å². The minimum Gasteiger partial charge on any atom is -0.314 e. The fourth-order valence-corrected chi connectivity index (χ4v) is 3.37. The summed E-state index contributed by atoms with van der Waals surface area (Å²) in [6.07, 6.45) is 0.833. The lowest BCUT2D eigenvalue weighted by Crippen LogP contribution is -2.45. The molecule has 0 aliphatic carbocycles. The van der Waals surface area contributed by atoms with Gasteiger partial charge in [-0.2, -0.15) is 0 Å². The summed E-state index contributed by atoms with van der Waals surface area (Å²) in [5.74, 6) is 0. The van der Waals surface area contributed by atoms with E-state index in [0.29, 0.717) is 15.1 Å². The Kier molecular flexibility index (Phi) is 5.76. The molecule has 5 heteroatoms. The molecule has 20 heavy (non-hydrogen) atoms. The molecule has 110 valence electrons. The third kappa shape index (κ3) is 3.69. The van der Waals surface area contributed by atoms with Gasteiger partial charge in [0.05, 0.1) is 10.0 Å². The van der Waals surface area contributed by atoms with Gasteiger partial charge < -0.3 is 5.32 Å². The van der Waals surface area contributed by atoms with Gasteiger partial charge >= 0.3 is 0 Å². The number of benzene rings is 1. The Morgan fingerprint density at radius 1 is 1.25 bits per heavy atom. The topological polar surface area (TPSA) is 15.3 Å². The van der Waals surface area contributed by atoms with Crippen LogP contribution in [0.25, 0.3) is 0 Å². The van der Waals surface area contributed by atoms with Crippen molar-refractivity contribution in [2.75, 3.05) is 26.2 Å². The van der Waals surface area contributed by atoms with Crippen LogP contribution < -0.4 is 5.32 Å². The van der Waals surface area contributed by atoms with Gasteiger partial charge in [-0.3, -0.25) is 4.90 Å². The summed E-state index contributed by atoms with van der Waals surface area (Å²) >= 11 is 19.0. The minimum atomic E-state index is 0.133. The summed E-state index contributed by atoms with van der Waals surface area (Å²) in [6.45, 7) is 9.95. The standard InChI is InChI=1S/C15H19Cl3N2/c1-10(2)9-13(20-7-5-19-6-8-20)14-11(16)3-4-12(17)15(14)18/h3-4,13,19H,1,5-9H2,2H3/t13-/m0/s1. The highest BCUT2D eigenvalue weighted by atomic mass is 35.5. The van der Waals surface area contributed by atoms with Crippen molar-refractivity contribution in [2.24, 2.45) is 0 Å². The van der Waals surface area contributed by atoms with Crippen LogP contribution in [0.3, 0.4) is 0 Å². The van der Waals surface area contributed by atoms with Crippen LogP contribution in [0.2, 0.25) is 15.1 Å². The van der Waals surface area contributed by atoms with Crippen LogP contribution in [0.4, 0.5) is 0 Å². The number of rotatable bonds is 4. The van der Waals surface area contributed by atoms with E-state index in [1.807, 2.05) is 13.0 Å². The molecule has 0 spiro atoms. The summed E-state index contributed by atoms with van der Waals surface area (Å²) in [6, 6.07) is 3.69. The van der Waals surface area contributed by atoms with E-state index >= 15 is 0 Å². The van der Waals surface area contributed by atoms with Gasteiger partial charge in [0.2, 0.25) is 0 Å². The van der Waals surface area contributed by atoms with E-state index in [1.165, 1.54) is 0 Å². The Morgan fingerprint density at radius 2 is 1.85 bits per heavy atom. The van der Waals surface area contributed by atoms with Crippen molar-refractivity contribution in [3.63, 3.8) is 0 Å². The van der Waals surface area contributed by atoms with Gasteiger partial charge in [0.1, 0.15) is 0 Å². The van der Waals surface area contributed by atoms with Crippen LogP contribution in [-0.2, 0) is 0 Å². The molecule has 1 fully saturated rings. The van der Waals surface area contributed by atoms with Crippen molar-refractivity contribution in [3.8, 4) is 0 Å². The summed E-state index contributed by atoms with van der Waals surface area (Å²) in [5.41, 5.74) is 2.03. The van der Waals surface area contributed by atoms with Crippen molar-refractivity contribution < 1.29 is 0 Å². The first-order valence-electron chi connectivity index (χ1n) is 6.73. The molecule has 0 aromatic heterocycles. The van der Waals surface area contributed by atoms with E-state index in [2.05, 4.69) is 16.8 Å². The maximum atomic E-state index is 6.41. The lowest BCUT2D eigenvalue weighted by molar-refractivity contribution is 0.172. The van der Waals surface area contributed by atoms with Crippen molar-refractivity contribution >= 4 is 34.8 Å². The third-order valence-electron chi connectivity index (χ3n) is 3.55. The maximum Gasteiger partial charge on any atom is 0.0655 e. The first kappa shape index (κ1) is 16.1. The van der Waals surface area contributed by atoms with E-state index < -0.39 is 0 Å². The summed E-state index contributed by atoms with van der Waals surface area (Å²) in [5, 5.41) is 5.14. The summed E-state index contributed by atoms with van der Waals surface area (Å²) in [7, 11) is 0. The average Bonchev–Trinajstić information content (AvgIpc) is 2.43. The molecule has 1 aromatic rings. The molecule has 0 saturated carbocycles. The highest BCUT2D eigenvalue weighted by Crippen LogP contribution is 2.40. The zero-order chi connectivity index (χ0) is 14.7. The van der Waals surface area contributed by atoms with E-state index in [1.54, 1.807) is 6.07 Å². The SMILES string of the molecule is C=C(C)C[C@@H](c1c(Cl)ccc(Cl)c1Cl)N1CCNCC1. The highest BCUT2D eigenvalue weighted by molar-refractivity contribution is 6.44. The molecule has 0 unspecified atom stereocenters. The molecule has 1 atom stereocenters. The lowest BCUT2D eigenvalue weighted by atomic mass is 9.97. The number of hydrogen-bond donors (Lipinski definition) is 1. The molecule has 2 nitrogen and oxygen atoms in total. The van der Waals surface area contributed by atoms with E-state index in [9.17, 15) is 0 Å². The highest BCUT2D eigenvalue weighted by Gasteiger charge is 2.27. The van der Waals surface area contributed by atoms with Gasteiger partial charge in [0, 0.05) is 42.8 Å². The molecule has 1 N–H and O–H groups in total. The number of piperazine rings is 1. The Labute approximate surface area is 135 Å². The zero-order valence-electron chi connectivity index (χ0n) is 11.6. The normalized spacial score (nSPS) is 18.0. The molecule has 1 aliphatic rings. The summed E-state index contributed by atoms with van der Waals surface area (Å²) in [4.78, 5) is 2.40. The number of halogens is 3. The molecular formula is C15H19Cl3N2. The molecule has 2 rings (SSSR count). The van der Waals surface area contributed by atoms with Gasteiger partial charge in [0.15, 0.2) is 0 Å². The second-order valence-electron chi connectivity index (χ2n) is 5.22. The second kappa shape index (κ2) is 7.15. The van der Waals surface area contributed by atoms with E-state index in [-0.39, 0.29) is 6.04 Å². The van der Waals surface area contributed by atoms with E-state index in [4.69, 9.17) is 34.8 Å². The fourth-order valence-electron chi connectivity index (χ4n) is 2.59. The molecule has 1 heterocycles. The van der Waals surface area contributed by atoms with Gasteiger partial charge in [0.25, 0.3) is 0 Å². The number of nitrogens with one attached hydrogen (secondary N) is 1. The van der Waals surface area contributed by atoms with Gasteiger partial charge in [-0.15, -0.1) is 6.58 Å². The van der Waals surface area contributed by atoms with Gasteiger partial charge in [-0.25, -0.2) is 0 Å². The molecule has 1 aliphatic heterocycles. The first-order chi connectivity index (χ1) is 9.50. The third-order valence-corrected chi connectivity index (χ3v) is 4.70. The van der Waals surface area contributed by atoms with Crippen LogP contribution in [0, 0.1) is 0 Å². The van der Waals surface area contributed by atoms with Crippen LogP contribution >= 0.6 is 34.8 Å². The van der Waals surface area contributed by atoms with Crippen LogP contribution in [0.1, 0.15) is 24.9 Å². The largest absolute Gasteiger partial charge is 0.314 e. The molecular weight excluding hydrogens is 315 g/mol. The smallest absolute Gasteiger partial charge is 0.0655 e. The summed E-state index contributed by atoms with van der Waals surface area (Å²) < 4.78 is 0. The fraction of sp³-hybridized carbons (Fsp3) is 0.467. The van der Waals surface area contributed by atoms with Gasteiger partial charge in [-0.05, 0) is 25.5 Å². The lowest BCUT2D eigenvalue weighted by Gasteiger charge is -2.36. The first-order valence-corrected chi connectivity index (χ1v) is 7.86. The van der Waals surface area contributed by atoms with Crippen molar-refractivity contribution in [2.45, 2.75) is 19.4 Å². The molecule has 0 amide bonds. The van der Waals surface area contributed by atoms with Crippen LogP contribution in [0.15, 0.2) is 24.3 Å². The van der Waals surface area contributed by atoms with Crippen molar-refractivity contribution in [1.29, 1.82) is 0 Å². The molecule has 0 radical (unpaired) electrons. The monoisotopic (exact) mass is 332 g/mol. The van der Waals surface area contributed by atoms with E-state index in [0.717, 1.165) is 43.7 Å². The minimum absolute atomic E-state index is 0.133. The second-order valence-corrected chi connectivity index (χ2v) is 6.41. The van der Waals surface area contributed by atoms with Crippen LogP contribution in [-0.4, -0.2) is 31.1 Å². The predicted molar refractivity (Wildman–Crippen MR) is 88.1 cm³/mol. The molecule has 1 saturated heterocycles. The predicted octanol–water partition coefficient (Wildman–Crippen LogP) is 4.56.